The Labute approximate surface area is 88.0 Å². The molecule has 2 heteroatoms. The van der Waals surface area contributed by atoms with Gasteiger partial charge >= 0.3 is 0 Å². The standard InChI is InChI=1S/C6H7N.C4H10O.C2H6/c1-6-3-2-4-7-5-6;1-2-3-4-5;1-2/h2-5H,1H3;5H,2-4H2,1H3;1-2H3. The molecule has 0 fully saturated rings. The van der Waals surface area contributed by atoms with Crippen molar-refractivity contribution in [3.05, 3.63) is 30.1 Å². The van der Waals surface area contributed by atoms with Crippen LogP contribution in [0.5, 0.6) is 0 Å². The van der Waals surface area contributed by atoms with Crippen molar-refractivity contribution < 1.29 is 5.11 Å². The number of unbranched alkanes of at least 4 members (excludes halogenated alkanes) is 1. The molecule has 1 aromatic heterocycles. The summed E-state index contributed by atoms with van der Waals surface area (Å²) in [4.78, 5) is 3.88. The van der Waals surface area contributed by atoms with E-state index in [1.54, 1.807) is 6.20 Å². The second kappa shape index (κ2) is 14.6. The van der Waals surface area contributed by atoms with E-state index >= 15 is 0 Å². The minimum atomic E-state index is 0.344. The van der Waals surface area contributed by atoms with Crippen molar-refractivity contribution in [2.24, 2.45) is 0 Å². The van der Waals surface area contributed by atoms with Crippen LogP contribution < -0.4 is 0 Å². The predicted octanol–water partition coefficient (Wildman–Crippen LogP) is 3.20. The van der Waals surface area contributed by atoms with E-state index in [0.29, 0.717) is 6.61 Å². The number of rotatable bonds is 2. The van der Waals surface area contributed by atoms with Crippen molar-refractivity contribution in [3.8, 4) is 0 Å². The third-order valence-corrected chi connectivity index (χ3v) is 1.32. The molecule has 0 amide bonds. The lowest BCUT2D eigenvalue weighted by atomic mass is 10.3. The number of aromatic nitrogens is 1. The molecule has 2 nitrogen and oxygen atoms in total. The van der Waals surface area contributed by atoms with Crippen LogP contribution in [-0.4, -0.2) is 16.7 Å². The van der Waals surface area contributed by atoms with Crippen LogP contribution in [0.3, 0.4) is 0 Å². The van der Waals surface area contributed by atoms with E-state index in [1.165, 1.54) is 5.56 Å². The minimum absolute atomic E-state index is 0.344. The van der Waals surface area contributed by atoms with Crippen LogP contribution in [0.2, 0.25) is 0 Å². The van der Waals surface area contributed by atoms with Gasteiger partial charge in [0.2, 0.25) is 0 Å². The number of hydrogen-bond acceptors (Lipinski definition) is 2. The van der Waals surface area contributed by atoms with Crippen LogP contribution in [0.15, 0.2) is 24.5 Å². The highest BCUT2D eigenvalue weighted by molar-refractivity contribution is 5.04. The fourth-order valence-corrected chi connectivity index (χ4v) is 0.606. The van der Waals surface area contributed by atoms with Gasteiger partial charge in [-0.3, -0.25) is 4.98 Å². The average Bonchev–Trinajstić information content (AvgIpc) is 2.24. The molecule has 1 N–H and O–H groups in total. The molecule has 0 unspecified atom stereocenters. The molecule has 0 aliphatic heterocycles. The van der Waals surface area contributed by atoms with Crippen LogP contribution in [0.4, 0.5) is 0 Å². The van der Waals surface area contributed by atoms with E-state index in [1.807, 2.05) is 39.1 Å². The normalized spacial score (nSPS) is 7.79. The van der Waals surface area contributed by atoms with Crippen molar-refractivity contribution >= 4 is 0 Å². The number of aliphatic hydroxyl groups excluding tert-OH is 1. The first-order valence-corrected chi connectivity index (χ1v) is 5.28. The van der Waals surface area contributed by atoms with Crippen molar-refractivity contribution in [1.29, 1.82) is 0 Å². The second-order valence-corrected chi connectivity index (χ2v) is 2.61. The molecule has 1 heterocycles. The number of aliphatic hydroxyl groups is 1. The number of pyridine rings is 1. The summed E-state index contributed by atoms with van der Waals surface area (Å²) in [7, 11) is 0. The Hall–Kier alpha value is -0.890. The van der Waals surface area contributed by atoms with Crippen molar-refractivity contribution in [2.75, 3.05) is 6.61 Å². The third-order valence-electron chi connectivity index (χ3n) is 1.32. The fourth-order valence-electron chi connectivity index (χ4n) is 0.606. The highest BCUT2D eigenvalue weighted by Crippen LogP contribution is 1.88. The molecular weight excluding hydrogens is 174 g/mol. The van der Waals surface area contributed by atoms with Crippen LogP contribution in [0.1, 0.15) is 39.2 Å². The van der Waals surface area contributed by atoms with Crippen LogP contribution in [0, 0.1) is 6.92 Å². The summed E-state index contributed by atoms with van der Waals surface area (Å²) in [5, 5.41) is 8.07. The van der Waals surface area contributed by atoms with Crippen molar-refractivity contribution in [1.82, 2.24) is 4.98 Å². The van der Waals surface area contributed by atoms with Crippen LogP contribution in [-0.2, 0) is 0 Å². The molecule has 1 aromatic rings. The Morgan fingerprint density at radius 3 is 2.14 bits per heavy atom. The zero-order valence-electron chi connectivity index (χ0n) is 9.83. The number of aryl methyl sites for hydroxylation is 1. The first-order valence-electron chi connectivity index (χ1n) is 5.28. The Bertz CT molecular complexity index is 173. The minimum Gasteiger partial charge on any atom is -0.396 e. The van der Waals surface area contributed by atoms with E-state index in [4.69, 9.17) is 5.11 Å². The molecule has 0 aliphatic rings. The van der Waals surface area contributed by atoms with Crippen LogP contribution >= 0.6 is 0 Å². The third kappa shape index (κ3) is 13.7. The Morgan fingerprint density at radius 2 is 2.00 bits per heavy atom. The molecule has 0 radical (unpaired) electrons. The van der Waals surface area contributed by atoms with E-state index in [-0.39, 0.29) is 0 Å². The zero-order valence-corrected chi connectivity index (χ0v) is 9.83. The maximum absolute atomic E-state index is 8.07. The SMILES string of the molecule is CC.CCCCO.Cc1cccnc1. The average molecular weight is 197 g/mol. The van der Waals surface area contributed by atoms with Gasteiger partial charge in [0, 0.05) is 19.0 Å². The summed E-state index contributed by atoms with van der Waals surface area (Å²) in [6.45, 7) is 8.42. The predicted molar refractivity (Wildman–Crippen MR) is 62.3 cm³/mol. The van der Waals surface area contributed by atoms with Gasteiger partial charge in [-0.05, 0) is 25.0 Å². The highest BCUT2D eigenvalue weighted by atomic mass is 16.2. The second-order valence-electron chi connectivity index (χ2n) is 2.61. The molecule has 0 atom stereocenters. The Morgan fingerprint density at radius 1 is 1.36 bits per heavy atom. The van der Waals surface area contributed by atoms with E-state index in [9.17, 15) is 0 Å². The topological polar surface area (TPSA) is 33.1 Å². The summed E-state index contributed by atoms with van der Waals surface area (Å²) in [6.07, 6.45) is 5.64. The van der Waals surface area contributed by atoms with Gasteiger partial charge in [-0.25, -0.2) is 0 Å². The summed E-state index contributed by atoms with van der Waals surface area (Å²) in [5.41, 5.74) is 1.21. The Balaban J connectivity index is 0. The van der Waals surface area contributed by atoms with E-state index < -0.39 is 0 Å². The summed E-state index contributed by atoms with van der Waals surface area (Å²) in [6, 6.07) is 3.95. The number of hydrogen-bond donors (Lipinski definition) is 1. The lowest BCUT2D eigenvalue weighted by Crippen LogP contribution is -1.75. The monoisotopic (exact) mass is 197 g/mol. The van der Waals surface area contributed by atoms with E-state index in [2.05, 4.69) is 11.9 Å². The molecule has 0 spiro atoms. The van der Waals surface area contributed by atoms with Crippen LogP contribution in [0.25, 0.3) is 0 Å². The molecule has 14 heavy (non-hydrogen) atoms. The van der Waals surface area contributed by atoms with Gasteiger partial charge in [0.05, 0.1) is 0 Å². The maximum Gasteiger partial charge on any atom is 0.0430 e. The fraction of sp³-hybridized carbons (Fsp3) is 0.583. The lowest BCUT2D eigenvalue weighted by molar-refractivity contribution is 0.287. The summed E-state index contributed by atoms with van der Waals surface area (Å²) >= 11 is 0. The van der Waals surface area contributed by atoms with Gasteiger partial charge in [-0.1, -0.05) is 33.3 Å². The first kappa shape index (κ1) is 15.6. The molecule has 0 saturated carbocycles. The largest absolute Gasteiger partial charge is 0.396 e. The highest BCUT2D eigenvalue weighted by Gasteiger charge is 1.73. The molecule has 0 bridgehead atoms. The van der Waals surface area contributed by atoms with Gasteiger partial charge in [-0.15, -0.1) is 0 Å². The van der Waals surface area contributed by atoms with Gasteiger partial charge in [0.1, 0.15) is 0 Å². The smallest absolute Gasteiger partial charge is 0.0430 e. The van der Waals surface area contributed by atoms with Crippen molar-refractivity contribution in [2.45, 2.75) is 40.5 Å². The zero-order chi connectivity index (χ0) is 11.2. The Kier molecular flexibility index (Phi) is 16.3. The molecule has 82 valence electrons. The maximum atomic E-state index is 8.07. The summed E-state index contributed by atoms with van der Waals surface area (Å²) < 4.78 is 0. The molecule has 0 aliphatic carbocycles. The quantitative estimate of drug-likeness (QED) is 0.789. The molecule has 0 saturated heterocycles. The van der Waals surface area contributed by atoms with Gasteiger partial charge in [0.15, 0.2) is 0 Å². The van der Waals surface area contributed by atoms with E-state index in [0.717, 1.165) is 12.8 Å². The molecule has 1 rings (SSSR count). The lowest BCUT2D eigenvalue weighted by Gasteiger charge is -1.82. The summed E-state index contributed by atoms with van der Waals surface area (Å²) in [5.74, 6) is 0. The van der Waals surface area contributed by atoms with Gasteiger partial charge in [-0.2, -0.15) is 0 Å². The number of nitrogens with zero attached hydrogens (tertiary/aromatic N) is 1. The molecule has 0 aromatic carbocycles. The molecular formula is C12H23NO. The van der Waals surface area contributed by atoms with Crippen molar-refractivity contribution in [3.63, 3.8) is 0 Å². The first-order chi connectivity index (χ1) is 6.81. The van der Waals surface area contributed by atoms with Gasteiger partial charge < -0.3 is 5.11 Å². The van der Waals surface area contributed by atoms with Gasteiger partial charge in [0.25, 0.3) is 0 Å².